The Hall–Kier alpha value is -2.57. The first-order chi connectivity index (χ1) is 14.0. The highest BCUT2D eigenvalue weighted by molar-refractivity contribution is 6.30. The second kappa shape index (κ2) is 10.3. The predicted molar refractivity (Wildman–Crippen MR) is 116 cm³/mol. The number of rotatable bonds is 5. The average Bonchev–Trinajstić information content (AvgIpc) is 2.93. The maximum Gasteiger partial charge on any atom is 0.317 e. The zero-order valence-corrected chi connectivity index (χ0v) is 17.4. The van der Waals surface area contributed by atoms with Crippen LogP contribution in [0.3, 0.4) is 0 Å². The van der Waals surface area contributed by atoms with E-state index in [0.717, 1.165) is 48.9 Å². The van der Waals surface area contributed by atoms with E-state index in [2.05, 4.69) is 15.5 Å². The summed E-state index contributed by atoms with van der Waals surface area (Å²) in [5.74, 6) is -0.112. The molecule has 2 aromatic rings. The molecule has 0 saturated carbocycles. The van der Waals surface area contributed by atoms with E-state index in [1.54, 1.807) is 0 Å². The maximum atomic E-state index is 12.6. The summed E-state index contributed by atoms with van der Waals surface area (Å²) in [6, 6.07) is 15.4. The highest BCUT2D eigenvalue weighted by atomic mass is 35.5. The molecule has 3 amide bonds. The first-order valence-electron chi connectivity index (χ1n) is 9.86. The highest BCUT2D eigenvalue weighted by Gasteiger charge is 2.19. The van der Waals surface area contributed by atoms with Gasteiger partial charge in [-0.15, -0.1) is 0 Å². The van der Waals surface area contributed by atoms with E-state index in [4.69, 9.17) is 11.6 Å². The SMILES string of the molecule is CC(=O)Nc1cccc(CNC(=O)N2CCCN(Cc3ccc(Cl)cc3)CC2)c1. The van der Waals surface area contributed by atoms with Gasteiger partial charge in [-0.25, -0.2) is 4.79 Å². The molecule has 0 radical (unpaired) electrons. The minimum atomic E-state index is -0.112. The van der Waals surface area contributed by atoms with Crippen LogP contribution in [0, 0.1) is 0 Å². The van der Waals surface area contributed by atoms with Gasteiger partial charge >= 0.3 is 6.03 Å². The van der Waals surface area contributed by atoms with Crippen molar-refractivity contribution >= 4 is 29.2 Å². The Kier molecular flexibility index (Phi) is 7.49. The molecule has 1 saturated heterocycles. The van der Waals surface area contributed by atoms with Gasteiger partial charge in [0.25, 0.3) is 0 Å². The lowest BCUT2D eigenvalue weighted by atomic mass is 10.2. The largest absolute Gasteiger partial charge is 0.334 e. The summed E-state index contributed by atoms with van der Waals surface area (Å²) in [7, 11) is 0. The molecule has 2 aromatic carbocycles. The molecule has 7 heteroatoms. The van der Waals surface area contributed by atoms with Crippen LogP contribution in [-0.2, 0) is 17.9 Å². The summed E-state index contributed by atoms with van der Waals surface area (Å²) in [4.78, 5) is 28.0. The van der Waals surface area contributed by atoms with E-state index in [9.17, 15) is 9.59 Å². The summed E-state index contributed by atoms with van der Waals surface area (Å²) in [5, 5.41) is 6.49. The number of anilines is 1. The molecule has 0 aliphatic carbocycles. The number of halogens is 1. The molecule has 0 unspecified atom stereocenters. The number of carbonyl (C=O) groups is 2. The molecular formula is C22H27ClN4O2. The quantitative estimate of drug-likeness (QED) is 0.783. The number of urea groups is 1. The Morgan fingerprint density at radius 1 is 1.00 bits per heavy atom. The number of nitrogens with one attached hydrogen (secondary N) is 2. The molecule has 1 heterocycles. The number of benzene rings is 2. The topological polar surface area (TPSA) is 64.7 Å². The maximum absolute atomic E-state index is 12.6. The van der Waals surface area contributed by atoms with Gasteiger partial charge in [-0.3, -0.25) is 9.69 Å². The lowest BCUT2D eigenvalue weighted by Gasteiger charge is -2.22. The van der Waals surface area contributed by atoms with Crippen LogP contribution in [0.1, 0.15) is 24.5 Å². The predicted octanol–water partition coefficient (Wildman–Crippen LogP) is 3.72. The zero-order valence-electron chi connectivity index (χ0n) is 16.7. The van der Waals surface area contributed by atoms with Crippen LogP contribution in [0.4, 0.5) is 10.5 Å². The average molecular weight is 415 g/mol. The smallest absolute Gasteiger partial charge is 0.317 e. The molecule has 0 atom stereocenters. The molecule has 1 aliphatic rings. The summed E-state index contributed by atoms with van der Waals surface area (Å²) in [5.41, 5.74) is 2.91. The van der Waals surface area contributed by atoms with E-state index in [-0.39, 0.29) is 11.9 Å². The number of hydrogen-bond donors (Lipinski definition) is 2. The first-order valence-corrected chi connectivity index (χ1v) is 10.2. The van der Waals surface area contributed by atoms with Crippen molar-refractivity contribution in [2.24, 2.45) is 0 Å². The van der Waals surface area contributed by atoms with Crippen molar-refractivity contribution < 1.29 is 9.59 Å². The first kappa shape index (κ1) is 21.1. The number of hydrogen-bond acceptors (Lipinski definition) is 3. The van der Waals surface area contributed by atoms with Crippen LogP contribution in [0.2, 0.25) is 5.02 Å². The van der Waals surface area contributed by atoms with Crippen LogP contribution >= 0.6 is 11.6 Å². The second-order valence-electron chi connectivity index (χ2n) is 7.28. The van der Waals surface area contributed by atoms with Crippen molar-refractivity contribution in [1.29, 1.82) is 0 Å². The second-order valence-corrected chi connectivity index (χ2v) is 7.72. The van der Waals surface area contributed by atoms with E-state index in [1.165, 1.54) is 12.5 Å². The van der Waals surface area contributed by atoms with Crippen molar-refractivity contribution in [1.82, 2.24) is 15.1 Å². The van der Waals surface area contributed by atoms with Gasteiger partial charge in [0.2, 0.25) is 5.91 Å². The molecule has 2 N–H and O–H groups in total. The normalized spacial score (nSPS) is 14.9. The molecular weight excluding hydrogens is 388 g/mol. The third kappa shape index (κ3) is 6.76. The van der Waals surface area contributed by atoms with Crippen molar-refractivity contribution in [3.05, 3.63) is 64.7 Å². The van der Waals surface area contributed by atoms with Crippen molar-refractivity contribution in [2.45, 2.75) is 26.4 Å². The Morgan fingerprint density at radius 3 is 2.55 bits per heavy atom. The van der Waals surface area contributed by atoms with Crippen molar-refractivity contribution in [3.63, 3.8) is 0 Å². The minimum Gasteiger partial charge on any atom is -0.334 e. The molecule has 1 fully saturated rings. The van der Waals surface area contributed by atoms with E-state index in [1.807, 2.05) is 53.4 Å². The molecule has 0 aromatic heterocycles. The summed E-state index contributed by atoms with van der Waals surface area (Å²) < 4.78 is 0. The standard InChI is InChI=1S/C22H27ClN4O2/c1-17(28)25-21-5-2-4-19(14-21)15-24-22(29)27-11-3-10-26(12-13-27)16-18-6-8-20(23)9-7-18/h2,4-9,14H,3,10-13,15-16H2,1H3,(H,24,29)(H,25,28). The van der Waals surface area contributed by atoms with Gasteiger partial charge < -0.3 is 15.5 Å². The van der Waals surface area contributed by atoms with E-state index >= 15 is 0 Å². The summed E-state index contributed by atoms with van der Waals surface area (Å²) in [6.07, 6.45) is 0.943. The molecule has 3 rings (SSSR count). The van der Waals surface area contributed by atoms with E-state index < -0.39 is 0 Å². The Labute approximate surface area is 176 Å². The minimum absolute atomic E-state index is 0.0525. The fraction of sp³-hybridized carbons (Fsp3) is 0.364. The Balaban J connectivity index is 1.48. The van der Waals surface area contributed by atoms with Gasteiger partial charge in [0.05, 0.1) is 0 Å². The highest BCUT2D eigenvalue weighted by Crippen LogP contribution is 2.14. The molecule has 0 spiro atoms. The fourth-order valence-electron chi connectivity index (χ4n) is 3.43. The Morgan fingerprint density at radius 2 is 1.79 bits per heavy atom. The van der Waals surface area contributed by atoms with Gasteiger partial charge in [-0.05, 0) is 41.8 Å². The molecule has 29 heavy (non-hydrogen) atoms. The van der Waals surface area contributed by atoms with E-state index in [0.29, 0.717) is 13.1 Å². The zero-order chi connectivity index (χ0) is 20.6. The van der Waals surface area contributed by atoms with Crippen LogP contribution in [0.25, 0.3) is 0 Å². The lowest BCUT2D eigenvalue weighted by molar-refractivity contribution is -0.114. The number of amides is 3. The summed E-state index contributed by atoms with van der Waals surface area (Å²) >= 11 is 5.96. The fourth-order valence-corrected chi connectivity index (χ4v) is 3.56. The molecule has 6 nitrogen and oxygen atoms in total. The third-order valence-corrected chi connectivity index (χ3v) is 5.14. The van der Waals surface area contributed by atoms with Crippen LogP contribution in [-0.4, -0.2) is 47.9 Å². The van der Waals surface area contributed by atoms with Gasteiger partial charge in [-0.2, -0.15) is 0 Å². The third-order valence-electron chi connectivity index (χ3n) is 4.89. The summed E-state index contributed by atoms with van der Waals surface area (Å²) in [6.45, 7) is 6.02. The molecule has 0 bridgehead atoms. The lowest BCUT2D eigenvalue weighted by Crippen LogP contribution is -2.41. The Bertz CT molecular complexity index is 841. The van der Waals surface area contributed by atoms with Gasteiger partial charge in [0.15, 0.2) is 0 Å². The van der Waals surface area contributed by atoms with Gasteiger partial charge in [-0.1, -0.05) is 35.9 Å². The van der Waals surface area contributed by atoms with Crippen LogP contribution < -0.4 is 10.6 Å². The van der Waals surface area contributed by atoms with Gasteiger partial charge in [0.1, 0.15) is 0 Å². The van der Waals surface area contributed by atoms with Crippen molar-refractivity contribution in [2.75, 3.05) is 31.5 Å². The number of carbonyl (C=O) groups excluding carboxylic acids is 2. The van der Waals surface area contributed by atoms with Crippen LogP contribution in [0.15, 0.2) is 48.5 Å². The molecule has 154 valence electrons. The van der Waals surface area contributed by atoms with Gasteiger partial charge in [0, 0.05) is 56.9 Å². The van der Waals surface area contributed by atoms with Crippen LogP contribution in [0.5, 0.6) is 0 Å². The van der Waals surface area contributed by atoms with Crippen molar-refractivity contribution in [3.8, 4) is 0 Å². The monoisotopic (exact) mass is 414 g/mol. The molecule has 1 aliphatic heterocycles. The number of nitrogens with zero attached hydrogens (tertiary/aromatic N) is 2.